The van der Waals surface area contributed by atoms with Gasteiger partial charge in [-0.3, -0.25) is 0 Å². The molecule has 0 atom stereocenters. The van der Waals surface area contributed by atoms with Gasteiger partial charge in [0.25, 0.3) is 0 Å². The van der Waals surface area contributed by atoms with E-state index < -0.39 is 0 Å². The molecule has 0 spiro atoms. The van der Waals surface area contributed by atoms with Gasteiger partial charge in [0.2, 0.25) is 5.95 Å². The number of aromatic nitrogens is 2. The molecule has 2 rings (SSSR count). The molecule has 0 aliphatic heterocycles. The summed E-state index contributed by atoms with van der Waals surface area (Å²) in [6.45, 7) is 0. The summed E-state index contributed by atoms with van der Waals surface area (Å²) in [7, 11) is 0. The lowest BCUT2D eigenvalue weighted by atomic mass is 10.2. The highest BCUT2D eigenvalue weighted by Gasteiger charge is 1.98. The van der Waals surface area contributed by atoms with Crippen LogP contribution < -0.4 is 5.73 Å². The standard InChI is InChI=1S/C12H10IN3/c13-11(9-4-2-1-3-5-9)8-10-6-7-15-12(14)16-10/h1-8H,(H2,14,15,16)/b11-8+. The van der Waals surface area contributed by atoms with Gasteiger partial charge in [0, 0.05) is 9.78 Å². The van der Waals surface area contributed by atoms with Crippen molar-refractivity contribution < 1.29 is 0 Å². The molecule has 1 heterocycles. The fourth-order valence-electron chi connectivity index (χ4n) is 1.28. The van der Waals surface area contributed by atoms with Gasteiger partial charge in [-0.1, -0.05) is 30.3 Å². The Morgan fingerprint density at radius 2 is 1.94 bits per heavy atom. The third-order valence-electron chi connectivity index (χ3n) is 2.02. The van der Waals surface area contributed by atoms with Crippen LogP contribution in [-0.4, -0.2) is 9.97 Å². The summed E-state index contributed by atoms with van der Waals surface area (Å²) >= 11 is 2.28. The molecule has 0 aliphatic carbocycles. The molecule has 0 bridgehead atoms. The lowest BCUT2D eigenvalue weighted by molar-refractivity contribution is 1.17. The molecule has 1 aromatic carbocycles. The maximum Gasteiger partial charge on any atom is 0.220 e. The van der Waals surface area contributed by atoms with Gasteiger partial charge in [0.15, 0.2) is 0 Å². The van der Waals surface area contributed by atoms with Crippen LogP contribution in [0.4, 0.5) is 5.95 Å². The number of rotatable bonds is 2. The van der Waals surface area contributed by atoms with Gasteiger partial charge in [-0.2, -0.15) is 0 Å². The smallest absolute Gasteiger partial charge is 0.220 e. The summed E-state index contributed by atoms with van der Waals surface area (Å²) in [6, 6.07) is 12.0. The predicted octanol–water partition coefficient (Wildman–Crippen LogP) is 2.99. The molecule has 2 aromatic rings. The first kappa shape index (κ1) is 11.1. The van der Waals surface area contributed by atoms with E-state index in [1.165, 1.54) is 5.56 Å². The Bertz CT molecular complexity index is 509. The van der Waals surface area contributed by atoms with Crippen molar-refractivity contribution in [2.75, 3.05) is 5.73 Å². The number of anilines is 1. The zero-order valence-corrected chi connectivity index (χ0v) is 10.6. The first-order valence-corrected chi connectivity index (χ1v) is 5.85. The lowest BCUT2D eigenvalue weighted by Crippen LogP contribution is -1.94. The molecule has 80 valence electrons. The van der Waals surface area contributed by atoms with E-state index in [1.807, 2.05) is 30.3 Å². The molecular weight excluding hydrogens is 313 g/mol. The van der Waals surface area contributed by atoms with E-state index in [0.717, 1.165) is 9.27 Å². The summed E-state index contributed by atoms with van der Waals surface area (Å²) in [6.07, 6.45) is 3.64. The molecule has 0 fully saturated rings. The Hall–Kier alpha value is -1.43. The predicted molar refractivity (Wildman–Crippen MR) is 74.8 cm³/mol. The Labute approximate surface area is 108 Å². The summed E-state index contributed by atoms with van der Waals surface area (Å²) in [5, 5.41) is 0. The van der Waals surface area contributed by atoms with Gasteiger partial charge >= 0.3 is 0 Å². The minimum Gasteiger partial charge on any atom is -0.368 e. The van der Waals surface area contributed by atoms with Gasteiger partial charge in [-0.15, -0.1) is 0 Å². The number of nitrogens with two attached hydrogens (primary N) is 1. The fraction of sp³-hybridized carbons (Fsp3) is 0. The topological polar surface area (TPSA) is 51.8 Å². The third kappa shape index (κ3) is 2.79. The van der Waals surface area contributed by atoms with Crippen LogP contribution >= 0.6 is 22.6 Å². The molecule has 0 unspecified atom stereocenters. The Morgan fingerprint density at radius 1 is 1.19 bits per heavy atom. The van der Waals surface area contributed by atoms with Crippen LogP contribution in [0.15, 0.2) is 42.6 Å². The van der Waals surface area contributed by atoms with Crippen LogP contribution in [0.5, 0.6) is 0 Å². The molecule has 1 aromatic heterocycles. The highest BCUT2D eigenvalue weighted by Crippen LogP contribution is 2.23. The quantitative estimate of drug-likeness (QED) is 0.865. The highest BCUT2D eigenvalue weighted by molar-refractivity contribution is 14.1. The summed E-state index contributed by atoms with van der Waals surface area (Å²) in [4.78, 5) is 7.98. The summed E-state index contributed by atoms with van der Waals surface area (Å²) in [5.41, 5.74) is 7.51. The molecule has 3 nitrogen and oxygen atoms in total. The minimum atomic E-state index is 0.297. The largest absolute Gasteiger partial charge is 0.368 e. The monoisotopic (exact) mass is 323 g/mol. The molecule has 0 radical (unpaired) electrons. The van der Waals surface area contributed by atoms with Gasteiger partial charge < -0.3 is 5.73 Å². The zero-order valence-electron chi connectivity index (χ0n) is 8.47. The number of hydrogen-bond donors (Lipinski definition) is 1. The molecule has 0 saturated heterocycles. The van der Waals surface area contributed by atoms with Crippen LogP contribution in [0.25, 0.3) is 9.66 Å². The van der Waals surface area contributed by atoms with Crippen LogP contribution in [0, 0.1) is 0 Å². The zero-order chi connectivity index (χ0) is 11.4. The average Bonchev–Trinajstić information content (AvgIpc) is 2.30. The highest BCUT2D eigenvalue weighted by atomic mass is 127. The van der Waals surface area contributed by atoms with Crippen molar-refractivity contribution in [2.45, 2.75) is 0 Å². The van der Waals surface area contributed by atoms with Gasteiger partial charge in [-0.25, -0.2) is 9.97 Å². The van der Waals surface area contributed by atoms with Crippen LogP contribution in [0.1, 0.15) is 11.3 Å². The van der Waals surface area contributed by atoms with Crippen molar-refractivity contribution in [2.24, 2.45) is 0 Å². The number of nitrogens with zero attached hydrogens (tertiary/aromatic N) is 2. The van der Waals surface area contributed by atoms with Crippen molar-refractivity contribution in [3.63, 3.8) is 0 Å². The van der Waals surface area contributed by atoms with Crippen LogP contribution in [-0.2, 0) is 0 Å². The molecule has 0 aliphatic rings. The first-order valence-electron chi connectivity index (χ1n) is 4.77. The maximum absolute atomic E-state index is 5.52. The van der Waals surface area contributed by atoms with Crippen LogP contribution in [0.3, 0.4) is 0 Å². The lowest BCUT2D eigenvalue weighted by Gasteiger charge is -1.99. The van der Waals surface area contributed by atoms with Gasteiger partial charge in [0.05, 0.1) is 5.69 Å². The van der Waals surface area contributed by atoms with E-state index in [2.05, 4.69) is 44.7 Å². The molecule has 4 heteroatoms. The molecule has 0 amide bonds. The number of hydrogen-bond acceptors (Lipinski definition) is 3. The van der Waals surface area contributed by atoms with E-state index in [-0.39, 0.29) is 0 Å². The average molecular weight is 323 g/mol. The second kappa shape index (κ2) is 5.07. The fourth-order valence-corrected chi connectivity index (χ4v) is 1.96. The normalized spacial score (nSPS) is 11.4. The summed E-state index contributed by atoms with van der Waals surface area (Å²) in [5.74, 6) is 0.297. The summed E-state index contributed by atoms with van der Waals surface area (Å²) < 4.78 is 1.12. The Kier molecular flexibility index (Phi) is 3.51. The van der Waals surface area contributed by atoms with Crippen molar-refractivity contribution >= 4 is 38.2 Å². The van der Waals surface area contributed by atoms with Crippen molar-refractivity contribution in [3.05, 3.63) is 53.9 Å². The second-order valence-electron chi connectivity index (χ2n) is 3.20. The van der Waals surface area contributed by atoms with Gasteiger partial charge in [-0.05, 0) is 40.3 Å². The molecule has 16 heavy (non-hydrogen) atoms. The van der Waals surface area contributed by atoms with Crippen molar-refractivity contribution in [3.8, 4) is 0 Å². The van der Waals surface area contributed by atoms with E-state index in [9.17, 15) is 0 Å². The van der Waals surface area contributed by atoms with Gasteiger partial charge in [0.1, 0.15) is 0 Å². The maximum atomic E-state index is 5.52. The Morgan fingerprint density at radius 3 is 2.62 bits per heavy atom. The van der Waals surface area contributed by atoms with E-state index in [0.29, 0.717) is 5.95 Å². The molecule has 0 saturated carbocycles. The second-order valence-corrected chi connectivity index (χ2v) is 4.36. The first-order chi connectivity index (χ1) is 7.75. The SMILES string of the molecule is Nc1nccc(/C=C(/I)c2ccccc2)n1. The van der Waals surface area contributed by atoms with E-state index in [4.69, 9.17) is 5.73 Å². The van der Waals surface area contributed by atoms with E-state index >= 15 is 0 Å². The minimum absolute atomic E-state index is 0.297. The Balaban J connectivity index is 2.32. The number of halogens is 1. The van der Waals surface area contributed by atoms with E-state index in [1.54, 1.807) is 6.20 Å². The number of nitrogen functional groups attached to an aromatic ring is 1. The molecule has 2 N–H and O–H groups in total. The van der Waals surface area contributed by atoms with Crippen molar-refractivity contribution in [1.29, 1.82) is 0 Å². The molecular formula is C12H10IN3. The van der Waals surface area contributed by atoms with Crippen LogP contribution in [0.2, 0.25) is 0 Å². The third-order valence-corrected chi connectivity index (χ3v) is 2.95. The van der Waals surface area contributed by atoms with Crippen molar-refractivity contribution in [1.82, 2.24) is 9.97 Å². The number of benzene rings is 1.